The molecule has 1 N–H and O–H groups in total. The monoisotopic (exact) mass is 446 g/mol. The zero-order chi connectivity index (χ0) is 22.8. The first-order valence-electron chi connectivity index (χ1n) is 9.66. The van der Waals surface area contributed by atoms with E-state index in [1.54, 1.807) is 33.8 Å². The summed E-state index contributed by atoms with van der Waals surface area (Å²) in [6.45, 7) is 7.47. The Bertz CT molecular complexity index is 1220. The van der Waals surface area contributed by atoms with Gasteiger partial charge in [-0.2, -0.15) is 8.99 Å². The van der Waals surface area contributed by atoms with Crippen molar-refractivity contribution in [2.45, 2.75) is 32.6 Å². The van der Waals surface area contributed by atoms with E-state index in [1.807, 2.05) is 0 Å². The summed E-state index contributed by atoms with van der Waals surface area (Å²) in [5.74, 6) is -0.778. The van der Waals surface area contributed by atoms with E-state index >= 15 is 0 Å². The molecular formula is C20H23FN6O3S. The molecule has 1 heterocycles. The predicted octanol–water partition coefficient (Wildman–Crippen LogP) is 2.70. The molecule has 0 aliphatic heterocycles. The Kier molecular flexibility index (Phi) is 6.46. The summed E-state index contributed by atoms with van der Waals surface area (Å²) < 4.78 is 42.7. The smallest absolute Gasteiger partial charge is 0.256 e. The van der Waals surface area contributed by atoms with E-state index < -0.39 is 21.7 Å². The Morgan fingerprint density at radius 3 is 2.45 bits per heavy atom. The van der Waals surface area contributed by atoms with E-state index in [9.17, 15) is 17.6 Å². The largest absolute Gasteiger partial charge is 0.319 e. The van der Waals surface area contributed by atoms with Crippen LogP contribution in [0.4, 0.5) is 10.1 Å². The molecule has 2 aromatic carbocycles. The van der Waals surface area contributed by atoms with Crippen LogP contribution >= 0.6 is 0 Å². The molecule has 9 nitrogen and oxygen atoms in total. The van der Waals surface area contributed by atoms with E-state index in [2.05, 4.69) is 20.8 Å². The summed E-state index contributed by atoms with van der Waals surface area (Å²) in [6, 6.07) is 8.41. The molecular weight excluding hydrogens is 423 g/mol. The van der Waals surface area contributed by atoms with Crippen LogP contribution in [0.25, 0.3) is 5.69 Å². The minimum Gasteiger partial charge on any atom is -0.319 e. The number of nitrogens with one attached hydrogen (secondary N) is 1. The number of tetrazole rings is 1. The summed E-state index contributed by atoms with van der Waals surface area (Å²) in [5, 5.41) is 13.7. The van der Waals surface area contributed by atoms with E-state index in [4.69, 9.17) is 0 Å². The maximum Gasteiger partial charge on any atom is 0.256 e. The Balaban J connectivity index is 1.95. The summed E-state index contributed by atoms with van der Waals surface area (Å²) in [5.41, 5.74) is 1.09. The van der Waals surface area contributed by atoms with Gasteiger partial charge in [-0.15, -0.1) is 5.10 Å². The van der Waals surface area contributed by atoms with Gasteiger partial charge >= 0.3 is 0 Å². The van der Waals surface area contributed by atoms with Crippen LogP contribution in [0.1, 0.15) is 35.6 Å². The molecule has 0 aliphatic rings. The number of nitrogens with zero attached hydrogens (tertiary/aromatic N) is 5. The SMILES string of the molecule is CCN(CC)S(=O)(=O)c1ccc(C)c(C(=O)Nc2cc(-n3nnnc3C)ccc2F)c1. The van der Waals surface area contributed by atoms with Crippen molar-refractivity contribution in [2.24, 2.45) is 0 Å². The van der Waals surface area contributed by atoms with Gasteiger partial charge in [-0.25, -0.2) is 12.8 Å². The summed E-state index contributed by atoms with van der Waals surface area (Å²) >= 11 is 0. The van der Waals surface area contributed by atoms with Gasteiger partial charge in [-0.05, 0) is 60.2 Å². The number of hydrogen-bond acceptors (Lipinski definition) is 6. The third-order valence-corrected chi connectivity index (χ3v) is 6.91. The van der Waals surface area contributed by atoms with E-state index in [1.165, 1.54) is 39.3 Å². The lowest BCUT2D eigenvalue weighted by Gasteiger charge is -2.19. The van der Waals surface area contributed by atoms with Crippen molar-refractivity contribution in [3.8, 4) is 5.69 Å². The van der Waals surface area contributed by atoms with Crippen LogP contribution in [0.3, 0.4) is 0 Å². The van der Waals surface area contributed by atoms with Crippen LogP contribution in [0.5, 0.6) is 0 Å². The van der Waals surface area contributed by atoms with Gasteiger partial charge in [0, 0.05) is 18.7 Å². The second-order valence-corrected chi connectivity index (χ2v) is 8.76. The molecule has 0 spiro atoms. The molecule has 0 bridgehead atoms. The first kappa shape index (κ1) is 22.5. The molecule has 0 aliphatic carbocycles. The van der Waals surface area contributed by atoms with Gasteiger partial charge in [-0.3, -0.25) is 4.79 Å². The maximum absolute atomic E-state index is 14.4. The minimum absolute atomic E-state index is 0.00508. The fraction of sp³-hybridized carbons (Fsp3) is 0.300. The molecule has 164 valence electrons. The van der Waals surface area contributed by atoms with E-state index in [0.29, 0.717) is 30.2 Å². The number of amides is 1. The molecule has 0 atom stereocenters. The lowest BCUT2D eigenvalue weighted by Crippen LogP contribution is -2.30. The molecule has 0 saturated carbocycles. The molecule has 1 amide bonds. The van der Waals surface area contributed by atoms with Crippen LogP contribution in [0.15, 0.2) is 41.3 Å². The number of carbonyl (C=O) groups is 1. The average Bonchev–Trinajstić information content (AvgIpc) is 3.16. The van der Waals surface area contributed by atoms with Gasteiger partial charge in [0.25, 0.3) is 5.91 Å². The van der Waals surface area contributed by atoms with Crippen LogP contribution in [-0.2, 0) is 10.0 Å². The zero-order valence-electron chi connectivity index (χ0n) is 17.6. The molecule has 3 rings (SSSR count). The second kappa shape index (κ2) is 8.90. The third kappa shape index (κ3) is 4.47. The Morgan fingerprint density at radius 2 is 1.84 bits per heavy atom. The van der Waals surface area contributed by atoms with Crippen molar-refractivity contribution in [2.75, 3.05) is 18.4 Å². The van der Waals surface area contributed by atoms with Gasteiger partial charge in [0.1, 0.15) is 5.82 Å². The Labute approximate surface area is 179 Å². The highest BCUT2D eigenvalue weighted by atomic mass is 32.2. The number of halogens is 1. The first-order valence-corrected chi connectivity index (χ1v) is 11.1. The van der Waals surface area contributed by atoms with Gasteiger partial charge in [0.15, 0.2) is 5.82 Å². The fourth-order valence-corrected chi connectivity index (χ4v) is 4.60. The van der Waals surface area contributed by atoms with Crippen LogP contribution in [-0.4, -0.2) is 51.9 Å². The topological polar surface area (TPSA) is 110 Å². The summed E-state index contributed by atoms with van der Waals surface area (Å²) in [6.07, 6.45) is 0. The van der Waals surface area contributed by atoms with Crippen molar-refractivity contribution in [1.82, 2.24) is 24.5 Å². The Morgan fingerprint density at radius 1 is 1.13 bits per heavy atom. The third-order valence-electron chi connectivity index (χ3n) is 4.86. The van der Waals surface area contributed by atoms with Crippen molar-refractivity contribution < 1.29 is 17.6 Å². The maximum atomic E-state index is 14.4. The molecule has 0 radical (unpaired) electrons. The zero-order valence-corrected chi connectivity index (χ0v) is 18.4. The van der Waals surface area contributed by atoms with Gasteiger partial charge in [-0.1, -0.05) is 19.9 Å². The molecule has 3 aromatic rings. The number of benzene rings is 2. The highest BCUT2D eigenvalue weighted by Crippen LogP contribution is 2.23. The Hall–Kier alpha value is -3.18. The lowest BCUT2D eigenvalue weighted by molar-refractivity contribution is 0.102. The summed E-state index contributed by atoms with van der Waals surface area (Å²) in [4.78, 5) is 12.9. The van der Waals surface area contributed by atoms with Gasteiger partial charge in [0.2, 0.25) is 10.0 Å². The molecule has 11 heteroatoms. The number of aryl methyl sites for hydroxylation is 2. The van der Waals surface area contributed by atoms with Gasteiger partial charge in [0.05, 0.1) is 16.3 Å². The number of aromatic nitrogens is 4. The molecule has 0 fully saturated rings. The van der Waals surface area contributed by atoms with Crippen molar-refractivity contribution in [3.63, 3.8) is 0 Å². The number of sulfonamides is 1. The van der Waals surface area contributed by atoms with E-state index in [0.717, 1.165) is 0 Å². The quantitative estimate of drug-likeness (QED) is 0.598. The normalized spacial score (nSPS) is 11.7. The molecule has 0 unspecified atom stereocenters. The molecule has 31 heavy (non-hydrogen) atoms. The number of anilines is 1. The van der Waals surface area contributed by atoms with Crippen molar-refractivity contribution >= 4 is 21.6 Å². The number of carbonyl (C=O) groups excluding carboxylic acids is 1. The summed E-state index contributed by atoms with van der Waals surface area (Å²) in [7, 11) is -3.74. The fourth-order valence-electron chi connectivity index (χ4n) is 3.12. The van der Waals surface area contributed by atoms with Crippen molar-refractivity contribution in [3.05, 3.63) is 59.2 Å². The lowest BCUT2D eigenvalue weighted by atomic mass is 10.1. The number of rotatable bonds is 7. The van der Waals surface area contributed by atoms with Crippen LogP contribution < -0.4 is 5.32 Å². The second-order valence-electron chi connectivity index (χ2n) is 6.82. The highest BCUT2D eigenvalue weighted by molar-refractivity contribution is 7.89. The standard InChI is InChI=1S/C20H23FN6O3S/c1-5-26(6-2)31(29,30)16-9-7-13(3)17(12-16)20(28)22-19-11-15(8-10-18(19)21)27-14(4)23-24-25-27/h7-12H,5-6H2,1-4H3,(H,22,28). The van der Waals surface area contributed by atoms with E-state index in [-0.39, 0.29) is 16.1 Å². The first-order chi connectivity index (χ1) is 14.7. The predicted molar refractivity (Wildman–Crippen MR) is 113 cm³/mol. The minimum atomic E-state index is -3.74. The van der Waals surface area contributed by atoms with Crippen LogP contribution in [0.2, 0.25) is 0 Å². The molecule has 1 aromatic heterocycles. The van der Waals surface area contributed by atoms with Gasteiger partial charge < -0.3 is 5.32 Å². The van der Waals surface area contributed by atoms with Crippen LogP contribution in [0, 0.1) is 19.7 Å². The number of hydrogen-bond donors (Lipinski definition) is 1. The average molecular weight is 447 g/mol. The highest BCUT2D eigenvalue weighted by Gasteiger charge is 2.24. The molecule has 0 saturated heterocycles. The van der Waals surface area contributed by atoms with Crippen molar-refractivity contribution in [1.29, 1.82) is 0 Å².